The van der Waals surface area contributed by atoms with E-state index in [4.69, 9.17) is 0 Å². The molecule has 0 radical (unpaired) electrons. The van der Waals surface area contributed by atoms with Gasteiger partial charge in [0.2, 0.25) is 0 Å². The van der Waals surface area contributed by atoms with Crippen LogP contribution in [-0.4, -0.2) is 56.6 Å². The number of piperidine rings is 1. The van der Waals surface area contributed by atoms with Gasteiger partial charge in [-0.3, -0.25) is 9.89 Å². The highest BCUT2D eigenvalue weighted by Crippen LogP contribution is 2.14. The second-order valence-electron chi connectivity index (χ2n) is 6.45. The van der Waals surface area contributed by atoms with E-state index in [1.54, 1.807) is 18.4 Å². The van der Waals surface area contributed by atoms with Crippen molar-refractivity contribution >= 4 is 17.3 Å². The number of halogens is 2. The minimum Gasteiger partial charge on any atom is -0.356 e. The highest BCUT2D eigenvalue weighted by atomic mass is 32.1. The van der Waals surface area contributed by atoms with Gasteiger partial charge in [0.25, 0.3) is 6.43 Å². The van der Waals surface area contributed by atoms with Crippen LogP contribution < -0.4 is 10.6 Å². The van der Waals surface area contributed by atoms with Gasteiger partial charge < -0.3 is 10.6 Å². The van der Waals surface area contributed by atoms with Gasteiger partial charge in [-0.1, -0.05) is 13.0 Å². The molecule has 4 nitrogen and oxygen atoms in total. The molecule has 24 heavy (non-hydrogen) atoms. The molecule has 2 heterocycles. The van der Waals surface area contributed by atoms with Gasteiger partial charge in [-0.25, -0.2) is 8.78 Å². The van der Waals surface area contributed by atoms with Crippen molar-refractivity contribution in [2.45, 2.75) is 38.7 Å². The van der Waals surface area contributed by atoms with Gasteiger partial charge in [-0.2, -0.15) is 0 Å². The SMILES string of the molecule is CN=C(NCC(C)Cc1cccs1)NC1CCN(CC(F)F)CC1. The molecule has 0 aromatic carbocycles. The van der Waals surface area contributed by atoms with Crippen molar-refractivity contribution < 1.29 is 8.78 Å². The van der Waals surface area contributed by atoms with Crippen LogP contribution in [0.25, 0.3) is 0 Å². The summed E-state index contributed by atoms with van der Waals surface area (Å²) >= 11 is 1.79. The molecule has 1 aliphatic rings. The van der Waals surface area contributed by atoms with Crippen LogP contribution in [-0.2, 0) is 6.42 Å². The van der Waals surface area contributed by atoms with Gasteiger partial charge in [0.1, 0.15) is 0 Å². The van der Waals surface area contributed by atoms with E-state index >= 15 is 0 Å². The molecule has 2 rings (SSSR count). The first-order valence-corrected chi connectivity index (χ1v) is 9.45. The molecule has 0 saturated carbocycles. The molecule has 0 spiro atoms. The zero-order valence-electron chi connectivity index (χ0n) is 14.5. The highest BCUT2D eigenvalue weighted by Gasteiger charge is 2.22. The first-order chi connectivity index (χ1) is 11.6. The van der Waals surface area contributed by atoms with E-state index in [9.17, 15) is 8.78 Å². The monoisotopic (exact) mass is 358 g/mol. The molecule has 7 heteroatoms. The average Bonchev–Trinajstić information content (AvgIpc) is 3.05. The van der Waals surface area contributed by atoms with E-state index in [1.807, 2.05) is 4.90 Å². The van der Waals surface area contributed by atoms with Gasteiger partial charge in [0.05, 0.1) is 6.54 Å². The molecule has 0 aliphatic carbocycles. The van der Waals surface area contributed by atoms with Crippen LogP contribution in [0.5, 0.6) is 0 Å². The lowest BCUT2D eigenvalue weighted by molar-refractivity contribution is 0.0744. The summed E-state index contributed by atoms with van der Waals surface area (Å²) < 4.78 is 24.8. The van der Waals surface area contributed by atoms with Crippen LogP contribution in [0, 0.1) is 5.92 Å². The molecule has 1 aliphatic heterocycles. The number of nitrogens with zero attached hydrogens (tertiary/aromatic N) is 2. The van der Waals surface area contributed by atoms with Crippen LogP contribution in [0.4, 0.5) is 8.78 Å². The molecule has 1 atom stereocenters. The number of rotatable bonds is 7. The second kappa shape index (κ2) is 9.93. The van der Waals surface area contributed by atoms with Gasteiger partial charge in [-0.15, -0.1) is 11.3 Å². The minimum atomic E-state index is -2.24. The number of aliphatic imine (C=N–C) groups is 1. The van der Waals surface area contributed by atoms with E-state index in [-0.39, 0.29) is 6.54 Å². The largest absolute Gasteiger partial charge is 0.356 e. The van der Waals surface area contributed by atoms with Crippen LogP contribution in [0.2, 0.25) is 0 Å². The van der Waals surface area contributed by atoms with E-state index in [2.05, 4.69) is 40.1 Å². The maximum Gasteiger partial charge on any atom is 0.251 e. The van der Waals surface area contributed by atoms with Crippen molar-refractivity contribution in [2.75, 3.05) is 33.2 Å². The number of nitrogens with one attached hydrogen (secondary N) is 2. The van der Waals surface area contributed by atoms with Crippen molar-refractivity contribution in [1.82, 2.24) is 15.5 Å². The molecule has 1 saturated heterocycles. The van der Waals surface area contributed by atoms with E-state index in [0.717, 1.165) is 31.8 Å². The predicted molar refractivity (Wildman–Crippen MR) is 97.2 cm³/mol. The van der Waals surface area contributed by atoms with Crippen molar-refractivity contribution in [1.29, 1.82) is 0 Å². The second-order valence-corrected chi connectivity index (χ2v) is 7.48. The molecular formula is C17H28F2N4S. The Morgan fingerprint density at radius 1 is 1.42 bits per heavy atom. The standard InChI is InChI=1S/C17H28F2N4S/c1-13(10-15-4-3-9-24-15)11-21-17(20-2)22-14-5-7-23(8-6-14)12-16(18)19/h3-4,9,13-14,16H,5-8,10-12H2,1-2H3,(H2,20,21,22). The Bertz CT molecular complexity index is 485. The van der Waals surface area contributed by atoms with Gasteiger partial charge in [0, 0.05) is 37.6 Å². The fraction of sp³-hybridized carbons (Fsp3) is 0.706. The quantitative estimate of drug-likeness (QED) is 0.582. The normalized spacial score (nSPS) is 18.8. The summed E-state index contributed by atoms with van der Waals surface area (Å²) in [5.41, 5.74) is 0. The zero-order chi connectivity index (χ0) is 17.4. The molecule has 1 aromatic rings. The summed E-state index contributed by atoms with van der Waals surface area (Å²) in [5, 5.41) is 8.91. The fourth-order valence-electron chi connectivity index (χ4n) is 2.96. The average molecular weight is 359 g/mol. The Kier molecular flexibility index (Phi) is 7.91. The van der Waals surface area contributed by atoms with E-state index in [1.165, 1.54) is 4.88 Å². The third-order valence-corrected chi connectivity index (χ3v) is 5.19. The molecule has 1 unspecified atom stereocenters. The van der Waals surface area contributed by atoms with E-state index < -0.39 is 6.43 Å². The number of alkyl halides is 2. The maximum atomic E-state index is 12.4. The topological polar surface area (TPSA) is 39.7 Å². The molecular weight excluding hydrogens is 330 g/mol. The van der Waals surface area contributed by atoms with Crippen LogP contribution in [0.15, 0.2) is 22.5 Å². The van der Waals surface area contributed by atoms with Crippen LogP contribution in [0.3, 0.4) is 0 Å². The first kappa shape index (κ1) is 19.1. The van der Waals surface area contributed by atoms with Crippen LogP contribution in [0.1, 0.15) is 24.6 Å². The van der Waals surface area contributed by atoms with Gasteiger partial charge in [-0.05, 0) is 36.6 Å². The van der Waals surface area contributed by atoms with E-state index in [0.29, 0.717) is 25.0 Å². The Hall–Kier alpha value is -1.21. The first-order valence-electron chi connectivity index (χ1n) is 8.57. The van der Waals surface area contributed by atoms with Gasteiger partial charge in [0.15, 0.2) is 5.96 Å². The number of thiophene rings is 1. The zero-order valence-corrected chi connectivity index (χ0v) is 15.3. The molecule has 136 valence electrons. The lowest BCUT2D eigenvalue weighted by atomic mass is 10.1. The molecule has 1 aromatic heterocycles. The lowest BCUT2D eigenvalue weighted by Gasteiger charge is -2.32. The summed E-state index contributed by atoms with van der Waals surface area (Å²) in [7, 11) is 1.77. The van der Waals surface area contributed by atoms with Gasteiger partial charge >= 0.3 is 0 Å². The number of guanidine groups is 1. The molecule has 0 amide bonds. The van der Waals surface area contributed by atoms with Crippen molar-refractivity contribution in [3.05, 3.63) is 22.4 Å². The number of hydrogen-bond donors (Lipinski definition) is 2. The van der Waals surface area contributed by atoms with Crippen molar-refractivity contribution in [3.8, 4) is 0 Å². The Morgan fingerprint density at radius 3 is 2.75 bits per heavy atom. The minimum absolute atomic E-state index is 0.111. The maximum absolute atomic E-state index is 12.4. The molecule has 0 bridgehead atoms. The summed E-state index contributed by atoms with van der Waals surface area (Å²) in [6.45, 7) is 4.41. The third kappa shape index (κ3) is 6.73. The third-order valence-electron chi connectivity index (χ3n) is 4.30. The molecule has 2 N–H and O–H groups in total. The van der Waals surface area contributed by atoms with Crippen LogP contribution >= 0.6 is 11.3 Å². The lowest BCUT2D eigenvalue weighted by Crippen LogP contribution is -2.49. The Balaban J connectivity index is 1.67. The molecule has 1 fully saturated rings. The van der Waals surface area contributed by atoms with Crippen molar-refractivity contribution in [3.63, 3.8) is 0 Å². The summed E-state index contributed by atoms with van der Waals surface area (Å²) in [6.07, 6.45) is 0.568. The Labute approximate surface area is 147 Å². The summed E-state index contributed by atoms with van der Waals surface area (Å²) in [6, 6.07) is 4.56. The smallest absolute Gasteiger partial charge is 0.251 e. The number of hydrogen-bond acceptors (Lipinski definition) is 3. The number of likely N-dealkylation sites (tertiary alicyclic amines) is 1. The fourth-order valence-corrected chi connectivity index (χ4v) is 3.83. The highest BCUT2D eigenvalue weighted by molar-refractivity contribution is 7.09. The predicted octanol–water partition coefficient (Wildman–Crippen LogP) is 2.82. The summed E-state index contributed by atoms with van der Waals surface area (Å²) in [4.78, 5) is 7.52. The van der Waals surface area contributed by atoms with Crippen molar-refractivity contribution in [2.24, 2.45) is 10.9 Å². The Morgan fingerprint density at radius 2 is 2.17 bits per heavy atom. The summed E-state index contributed by atoms with van der Waals surface area (Å²) in [5.74, 6) is 1.33.